The minimum Gasteiger partial charge on any atom is -0.833 e. The summed E-state index contributed by atoms with van der Waals surface area (Å²) >= 11 is 0. The van der Waals surface area contributed by atoms with Crippen LogP contribution in [0.2, 0.25) is 236 Å². The molecule has 0 aliphatic rings. The van der Waals surface area contributed by atoms with Crippen molar-refractivity contribution in [2.24, 2.45) is 0 Å². The Morgan fingerprint density at radius 2 is 0.218 bits per heavy atom. The van der Waals surface area contributed by atoms with E-state index in [1.807, 2.05) is 109 Å². The summed E-state index contributed by atoms with van der Waals surface area (Å²) in [6, 6.07) is 36.0. The molecule has 0 spiro atoms. The zero-order valence-corrected chi connectivity index (χ0v) is 78.2. The fraction of sp³-hybridized carbons (Fsp3) is 0.643. The molecule has 3 rings (SSSR count). The SMILES string of the molecule is C[Si](C)(C)[N-][Si](C)(C)C.C[Si](C)(C)[N-][Si](C)(C)C.C[Si](C)(C)[N-][Si](C)(C)C.C[Si](C)(C)[N-][Si](C)(C)C.C[Si](C)(C)[N-][Si](C)(C)C.C[Si](C)(C)[N-][Si](C)(C)C.[O-]C#C[O-].[U+4].[U+4].c1ccccc1.c1ccccc1.c1ccccc1. The van der Waals surface area contributed by atoms with Crippen molar-refractivity contribution in [3.63, 3.8) is 0 Å². The molecule has 8 nitrogen and oxygen atoms in total. The Morgan fingerprint density at radius 3 is 0.231 bits per heavy atom. The second-order valence-electron chi connectivity index (χ2n) is 30.4. The van der Waals surface area contributed by atoms with Gasteiger partial charge in [0.05, 0.1) is 0 Å². The van der Waals surface area contributed by atoms with Crippen molar-refractivity contribution in [3.05, 3.63) is 137 Å². The van der Waals surface area contributed by atoms with Crippen molar-refractivity contribution in [1.29, 1.82) is 0 Å². The number of benzene rings is 3. The van der Waals surface area contributed by atoms with Crippen molar-refractivity contribution < 1.29 is 72.4 Å². The third-order valence-corrected chi connectivity index (χ3v) is 38.3. The summed E-state index contributed by atoms with van der Waals surface area (Å²) in [5.74, 6) is 0. The standard InChI is InChI=1S/6C6H18NSi2.3C6H6.C2H2O2.2U/c6*1-8(2,3)7-9(4,5)6;3*1-2-4-6-5-3-1;3-1-2-4;;/h6*1-6H3;3*1-6H;3-4H;;/q6*-1;;;;;2*+4/p-2. The van der Waals surface area contributed by atoms with E-state index in [-0.39, 0.29) is 62.2 Å². The molecule has 0 N–H and O–H groups in total. The van der Waals surface area contributed by atoms with E-state index in [0.717, 1.165) is 12.2 Å². The van der Waals surface area contributed by atoms with E-state index in [9.17, 15) is 0 Å². The molecule has 3 aromatic carbocycles. The van der Waals surface area contributed by atoms with E-state index in [0.29, 0.717) is 0 Å². The van der Waals surface area contributed by atoms with E-state index in [1.165, 1.54) is 0 Å². The first kappa shape index (κ1) is 98.4. The Kier molecular flexibility index (Phi) is 59.8. The monoisotopic (exact) mass is 1730 g/mol. The van der Waals surface area contributed by atoms with Crippen LogP contribution in [-0.4, -0.2) is 98.8 Å². The Bertz CT molecular complexity index is 1360. The predicted molar refractivity (Wildman–Crippen MR) is 387 cm³/mol. The minimum atomic E-state index is -1.11. The molecule has 78 heavy (non-hydrogen) atoms. The summed E-state index contributed by atoms with van der Waals surface area (Å²) in [5, 5.41) is 17.2. The summed E-state index contributed by atoms with van der Waals surface area (Å²) < 4.78 is 28.9. The van der Waals surface area contributed by atoms with Gasteiger partial charge in [-0.1, -0.05) is 444 Å². The molecular formula is C56H126N6O2Si12U2. The number of hydrogen-bond acceptors (Lipinski definition) is 2. The number of rotatable bonds is 12. The van der Waals surface area contributed by atoms with Crippen LogP contribution in [0.15, 0.2) is 109 Å². The molecule has 0 aromatic heterocycles. The average molecular weight is 1730 g/mol. The first-order chi connectivity index (χ1) is 33.2. The molecule has 0 aliphatic carbocycles. The first-order valence-electron chi connectivity index (χ1n) is 27.3. The molecule has 0 unspecified atom stereocenters. The van der Waals surface area contributed by atoms with Crippen molar-refractivity contribution in [2.75, 3.05) is 0 Å². The minimum absolute atomic E-state index is 0. The van der Waals surface area contributed by atoms with Crippen LogP contribution in [0.5, 0.6) is 0 Å². The van der Waals surface area contributed by atoms with Crippen LogP contribution in [0.25, 0.3) is 27.9 Å². The summed E-state index contributed by atoms with van der Waals surface area (Å²) in [4.78, 5) is 0. The molecule has 0 radical (unpaired) electrons. The van der Waals surface area contributed by atoms with Crippen LogP contribution in [0.3, 0.4) is 0 Å². The molecule has 0 atom stereocenters. The molecule has 0 saturated heterocycles. The Labute approximate surface area is 550 Å². The first-order valence-corrected chi connectivity index (χ1v) is 68.7. The van der Waals surface area contributed by atoms with Crippen LogP contribution < -0.4 is 10.2 Å². The summed E-state index contributed by atoms with van der Waals surface area (Å²) in [6.45, 7) is 82.7. The van der Waals surface area contributed by atoms with Crippen molar-refractivity contribution in [1.82, 2.24) is 0 Å². The van der Waals surface area contributed by atoms with Gasteiger partial charge in [-0.15, -0.1) is 0 Å². The van der Waals surface area contributed by atoms with Gasteiger partial charge in [-0.3, -0.25) is 0 Å². The maximum absolute atomic E-state index is 8.62. The second kappa shape index (κ2) is 47.4. The fourth-order valence-corrected chi connectivity index (χ4v) is 55.5. The summed E-state index contributed by atoms with van der Waals surface area (Å²) in [6.07, 6.45) is 1.75. The van der Waals surface area contributed by atoms with E-state index in [1.54, 1.807) is 0 Å². The van der Waals surface area contributed by atoms with E-state index in [4.69, 9.17) is 38.1 Å². The van der Waals surface area contributed by atoms with Crippen molar-refractivity contribution >= 4 is 98.8 Å². The van der Waals surface area contributed by atoms with Gasteiger partial charge in [-0.05, 0) is 0 Å². The molecular weight excluding hydrogens is 1600 g/mol. The van der Waals surface area contributed by atoms with Crippen LogP contribution in [0.4, 0.5) is 0 Å². The van der Waals surface area contributed by atoms with Crippen LogP contribution in [0.1, 0.15) is 0 Å². The van der Waals surface area contributed by atoms with Crippen molar-refractivity contribution in [3.8, 4) is 12.2 Å². The zero-order chi connectivity index (χ0) is 62.4. The molecule has 22 heteroatoms. The number of hydrogen-bond donors (Lipinski definition) is 0. The van der Waals surface area contributed by atoms with Gasteiger partial charge >= 0.3 is 62.2 Å². The van der Waals surface area contributed by atoms with Crippen LogP contribution >= 0.6 is 0 Å². The number of nitrogens with zero attached hydrogens (tertiary/aromatic N) is 6. The molecule has 0 amide bonds. The van der Waals surface area contributed by atoms with Crippen LogP contribution in [-0.2, 0) is 0 Å². The zero-order valence-electron chi connectivity index (χ0n) is 57.9. The molecule has 0 saturated carbocycles. The van der Waals surface area contributed by atoms with Gasteiger partial charge < -0.3 is 38.1 Å². The second-order valence-corrected chi connectivity index (χ2v) is 87.9. The smallest absolute Gasteiger partial charge is 0.833 e. The molecule has 448 valence electrons. The van der Waals surface area contributed by atoms with Gasteiger partial charge in [-0.25, -0.2) is 0 Å². The van der Waals surface area contributed by atoms with Gasteiger partial charge in [0.15, 0.2) is 0 Å². The quantitative estimate of drug-likeness (QED) is 0.132. The Balaban J connectivity index is -0.0000000972. The predicted octanol–water partition coefficient (Wildman–Crippen LogP) is 20.9. The third-order valence-electron chi connectivity index (χ3n) is 6.07. The Morgan fingerprint density at radius 1 is 0.167 bits per heavy atom. The normalized spacial score (nSPS) is 11.7. The van der Waals surface area contributed by atoms with Gasteiger partial charge in [0.25, 0.3) is 0 Å². The van der Waals surface area contributed by atoms with Gasteiger partial charge in [-0.2, -0.15) is 12.2 Å². The third kappa shape index (κ3) is 142. The molecule has 3 aromatic rings. The maximum Gasteiger partial charge on any atom is 4.00 e. The maximum atomic E-state index is 8.62. The van der Waals surface area contributed by atoms with Crippen LogP contribution in [0, 0.1) is 74.4 Å². The molecule has 0 heterocycles. The Hall–Kier alpha value is 1.29. The van der Waals surface area contributed by atoms with Gasteiger partial charge in [0, 0.05) is 0 Å². The van der Waals surface area contributed by atoms with Gasteiger partial charge in [0.2, 0.25) is 0 Å². The van der Waals surface area contributed by atoms with Gasteiger partial charge in [0.1, 0.15) is 0 Å². The van der Waals surface area contributed by atoms with E-state index >= 15 is 0 Å². The summed E-state index contributed by atoms with van der Waals surface area (Å²) in [5.41, 5.74) is 0. The average Bonchev–Trinajstić information content (AvgIpc) is 3.10. The topological polar surface area (TPSA) is 131 Å². The molecule has 0 fully saturated rings. The largest absolute Gasteiger partial charge is 4.00 e. The molecule has 0 aliphatic heterocycles. The van der Waals surface area contributed by atoms with E-state index in [2.05, 4.69) is 236 Å². The molecule has 0 bridgehead atoms. The summed E-state index contributed by atoms with van der Waals surface area (Å²) in [7, 11) is -13.3. The van der Waals surface area contributed by atoms with E-state index < -0.39 is 98.8 Å². The van der Waals surface area contributed by atoms with Crippen molar-refractivity contribution in [2.45, 2.75) is 236 Å². The fourth-order valence-electron chi connectivity index (χ4n) is 7.19.